The van der Waals surface area contributed by atoms with Crippen molar-refractivity contribution in [3.63, 3.8) is 0 Å². The minimum Gasteiger partial charge on any atom is -0.494 e. The number of hydrogen-bond acceptors (Lipinski definition) is 5. The van der Waals surface area contributed by atoms with E-state index >= 15 is 0 Å². The van der Waals surface area contributed by atoms with E-state index in [1.54, 1.807) is 49.4 Å². The Kier molecular flexibility index (Phi) is 9.30. The summed E-state index contributed by atoms with van der Waals surface area (Å²) in [4.78, 5) is 27.7. The van der Waals surface area contributed by atoms with Crippen LogP contribution in [0.25, 0.3) is 0 Å². The van der Waals surface area contributed by atoms with E-state index in [4.69, 9.17) is 4.74 Å². The first kappa shape index (κ1) is 27.7. The monoisotopic (exact) mass is 523 g/mol. The fraction of sp³-hybridized carbons (Fsp3) is 0.286. The molecule has 3 aromatic rings. The molecule has 0 saturated heterocycles. The molecule has 0 bridgehead atoms. The molecule has 3 aromatic carbocycles. The number of anilines is 1. The van der Waals surface area contributed by atoms with Crippen molar-refractivity contribution in [1.29, 1.82) is 0 Å². The van der Waals surface area contributed by atoms with Gasteiger partial charge in [0.05, 0.1) is 17.2 Å². The summed E-state index contributed by atoms with van der Waals surface area (Å²) in [6.45, 7) is 5.57. The lowest BCUT2D eigenvalue weighted by Crippen LogP contribution is -2.50. The number of sulfonamides is 1. The zero-order valence-electron chi connectivity index (χ0n) is 21.5. The van der Waals surface area contributed by atoms with Crippen LogP contribution in [0, 0.1) is 6.92 Å². The van der Waals surface area contributed by atoms with Crippen molar-refractivity contribution in [2.45, 2.75) is 38.3 Å². The van der Waals surface area contributed by atoms with Crippen molar-refractivity contribution in [2.75, 3.05) is 24.5 Å². The first-order valence-corrected chi connectivity index (χ1v) is 13.5. The summed E-state index contributed by atoms with van der Waals surface area (Å²) in [6, 6.07) is 21.3. The van der Waals surface area contributed by atoms with Gasteiger partial charge in [0.15, 0.2) is 0 Å². The van der Waals surface area contributed by atoms with Gasteiger partial charge in [-0.15, -0.1) is 0 Å². The summed E-state index contributed by atoms with van der Waals surface area (Å²) in [5.41, 5.74) is 2.20. The fourth-order valence-corrected chi connectivity index (χ4v) is 5.24. The number of hydrogen-bond donors (Lipinski definition) is 1. The van der Waals surface area contributed by atoms with Gasteiger partial charge in [-0.3, -0.25) is 13.9 Å². The van der Waals surface area contributed by atoms with Gasteiger partial charge in [0, 0.05) is 13.6 Å². The molecule has 0 radical (unpaired) electrons. The summed E-state index contributed by atoms with van der Waals surface area (Å²) in [7, 11) is -2.59. The zero-order chi connectivity index (χ0) is 27.0. The number of rotatable bonds is 11. The molecule has 2 amide bonds. The highest BCUT2D eigenvalue weighted by molar-refractivity contribution is 7.92. The molecule has 8 nitrogen and oxygen atoms in total. The first-order chi connectivity index (χ1) is 17.7. The Morgan fingerprint density at radius 3 is 2.14 bits per heavy atom. The van der Waals surface area contributed by atoms with Crippen LogP contribution in [-0.4, -0.2) is 51.4 Å². The Morgan fingerprint density at radius 1 is 0.946 bits per heavy atom. The minimum absolute atomic E-state index is 0.0566. The smallest absolute Gasteiger partial charge is 0.264 e. The molecule has 0 spiro atoms. The number of carbonyl (C=O) groups excluding carboxylic acids is 2. The van der Waals surface area contributed by atoms with Gasteiger partial charge in [0.1, 0.15) is 18.3 Å². The van der Waals surface area contributed by atoms with E-state index in [0.29, 0.717) is 18.0 Å². The number of nitrogens with zero attached hydrogens (tertiary/aromatic N) is 2. The molecule has 0 heterocycles. The van der Waals surface area contributed by atoms with Gasteiger partial charge in [0.25, 0.3) is 10.0 Å². The van der Waals surface area contributed by atoms with Crippen LogP contribution in [0.4, 0.5) is 5.69 Å². The molecule has 0 aliphatic carbocycles. The topological polar surface area (TPSA) is 96.0 Å². The van der Waals surface area contributed by atoms with E-state index < -0.39 is 28.5 Å². The molecule has 9 heteroatoms. The Hall–Kier alpha value is -3.85. The molecule has 1 N–H and O–H groups in total. The van der Waals surface area contributed by atoms with Gasteiger partial charge in [-0.1, -0.05) is 48.0 Å². The van der Waals surface area contributed by atoms with Crippen molar-refractivity contribution in [1.82, 2.24) is 10.2 Å². The normalized spacial score (nSPS) is 11.9. The molecule has 0 aromatic heterocycles. The Labute approximate surface area is 218 Å². The van der Waals surface area contributed by atoms with Gasteiger partial charge in [-0.25, -0.2) is 8.42 Å². The Bertz CT molecular complexity index is 1290. The molecule has 0 saturated carbocycles. The summed E-state index contributed by atoms with van der Waals surface area (Å²) in [5, 5.41) is 2.58. The average molecular weight is 524 g/mol. The molecule has 3 rings (SSSR count). The molecule has 0 fully saturated rings. The number of amides is 2. The third kappa shape index (κ3) is 6.89. The maximum Gasteiger partial charge on any atom is 0.264 e. The van der Waals surface area contributed by atoms with E-state index in [-0.39, 0.29) is 17.3 Å². The van der Waals surface area contributed by atoms with E-state index in [1.165, 1.54) is 24.1 Å². The second kappa shape index (κ2) is 12.4. The lowest BCUT2D eigenvalue weighted by atomic mass is 10.1. The summed E-state index contributed by atoms with van der Waals surface area (Å²) in [5.74, 6) is -0.270. The third-order valence-electron chi connectivity index (χ3n) is 5.93. The number of ether oxygens (including phenoxy) is 1. The molecule has 0 unspecified atom stereocenters. The van der Waals surface area contributed by atoms with Gasteiger partial charge in [-0.05, 0) is 62.7 Å². The second-order valence-corrected chi connectivity index (χ2v) is 10.4. The SMILES string of the molecule is CCOc1ccc(N(CC(=O)N(Cc2ccc(C)cc2)[C@@H](C)C(=O)NC)S(=O)(=O)c2ccccc2)cc1. The highest BCUT2D eigenvalue weighted by Gasteiger charge is 2.32. The highest BCUT2D eigenvalue weighted by atomic mass is 32.2. The molecule has 0 aliphatic heterocycles. The van der Waals surface area contributed by atoms with E-state index in [2.05, 4.69) is 5.32 Å². The molecule has 1 atom stereocenters. The Morgan fingerprint density at radius 2 is 1.57 bits per heavy atom. The van der Waals surface area contributed by atoms with Crippen LogP contribution in [0.2, 0.25) is 0 Å². The predicted octanol–water partition coefficient (Wildman–Crippen LogP) is 3.75. The van der Waals surface area contributed by atoms with Gasteiger partial charge in [0.2, 0.25) is 11.8 Å². The highest BCUT2D eigenvalue weighted by Crippen LogP contribution is 2.26. The number of benzene rings is 3. The zero-order valence-corrected chi connectivity index (χ0v) is 22.4. The summed E-state index contributed by atoms with van der Waals surface area (Å²) >= 11 is 0. The van der Waals surface area contributed by atoms with Crippen LogP contribution < -0.4 is 14.4 Å². The van der Waals surface area contributed by atoms with Gasteiger partial charge in [-0.2, -0.15) is 0 Å². The summed E-state index contributed by atoms with van der Waals surface area (Å²) < 4.78 is 34.0. The maximum atomic E-state index is 13.7. The van der Waals surface area contributed by atoms with Crippen molar-refractivity contribution in [3.8, 4) is 5.75 Å². The van der Waals surface area contributed by atoms with Crippen LogP contribution in [0.15, 0.2) is 83.8 Å². The van der Waals surface area contributed by atoms with E-state index in [9.17, 15) is 18.0 Å². The number of likely N-dealkylation sites (N-methyl/N-ethyl adjacent to an activating group) is 1. The summed E-state index contributed by atoms with van der Waals surface area (Å²) in [6.07, 6.45) is 0. The third-order valence-corrected chi connectivity index (χ3v) is 7.72. The van der Waals surface area contributed by atoms with Crippen molar-refractivity contribution in [3.05, 3.63) is 90.0 Å². The fourth-order valence-electron chi connectivity index (χ4n) is 3.81. The van der Waals surface area contributed by atoms with Crippen LogP contribution >= 0.6 is 0 Å². The number of carbonyl (C=O) groups is 2. The lowest BCUT2D eigenvalue weighted by molar-refractivity contribution is -0.139. The quantitative estimate of drug-likeness (QED) is 0.413. The standard InChI is InChI=1S/C28H33N3O5S/c1-5-36-25-17-15-24(16-18-25)31(37(34,35)26-9-7-6-8-10-26)20-27(32)30(22(3)28(33)29-4)19-23-13-11-21(2)12-14-23/h6-18,22H,5,19-20H2,1-4H3,(H,29,33)/t22-/m0/s1. The van der Waals surface area contributed by atoms with Gasteiger partial charge >= 0.3 is 0 Å². The average Bonchev–Trinajstić information content (AvgIpc) is 2.91. The maximum absolute atomic E-state index is 13.7. The van der Waals surface area contributed by atoms with Crippen LogP contribution in [-0.2, 0) is 26.2 Å². The largest absolute Gasteiger partial charge is 0.494 e. The van der Waals surface area contributed by atoms with Crippen molar-refractivity contribution >= 4 is 27.5 Å². The van der Waals surface area contributed by atoms with Crippen molar-refractivity contribution < 1.29 is 22.7 Å². The van der Waals surface area contributed by atoms with E-state index in [0.717, 1.165) is 15.4 Å². The van der Waals surface area contributed by atoms with Crippen LogP contribution in [0.3, 0.4) is 0 Å². The molecular weight excluding hydrogens is 490 g/mol. The van der Waals surface area contributed by atoms with Crippen LogP contribution in [0.1, 0.15) is 25.0 Å². The van der Waals surface area contributed by atoms with Gasteiger partial charge < -0.3 is 15.0 Å². The minimum atomic E-state index is -4.09. The van der Waals surface area contributed by atoms with E-state index in [1.807, 2.05) is 38.1 Å². The first-order valence-electron chi connectivity index (χ1n) is 12.0. The molecule has 0 aliphatic rings. The molecule has 196 valence electrons. The number of nitrogens with one attached hydrogen (secondary N) is 1. The number of aryl methyl sites for hydroxylation is 1. The predicted molar refractivity (Wildman–Crippen MR) is 144 cm³/mol. The lowest BCUT2D eigenvalue weighted by Gasteiger charge is -2.31. The van der Waals surface area contributed by atoms with Crippen LogP contribution in [0.5, 0.6) is 5.75 Å². The molecule has 37 heavy (non-hydrogen) atoms. The second-order valence-electron chi connectivity index (χ2n) is 8.55. The van der Waals surface area contributed by atoms with Crippen molar-refractivity contribution in [2.24, 2.45) is 0 Å². The Balaban J connectivity index is 2.01. The molecular formula is C28H33N3O5S.